The minimum atomic E-state index is -0.359. The third-order valence-corrected chi connectivity index (χ3v) is 6.03. The lowest BCUT2D eigenvalue weighted by Crippen LogP contribution is -2.45. The van der Waals surface area contributed by atoms with E-state index in [0.29, 0.717) is 18.7 Å². The standard InChI is InChI=1S/C20H21N3O3S/c1-22-15-12-23(10-9-13-5-7-14(26-2)8-6-13)19(24)17(15)18(21-20(22)25)16-4-3-11-27-16/h3-8,11,18H,9-10,12H2,1-2H3,(H,21,25)/t18-/m1/s1. The molecule has 0 saturated heterocycles. The predicted octanol–water partition coefficient (Wildman–Crippen LogP) is 2.79. The van der Waals surface area contributed by atoms with Crippen LogP contribution in [0.15, 0.2) is 53.0 Å². The summed E-state index contributed by atoms with van der Waals surface area (Å²) in [7, 11) is 3.36. The molecule has 4 rings (SSSR count). The van der Waals surface area contributed by atoms with Gasteiger partial charge in [-0.05, 0) is 35.6 Å². The number of benzene rings is 1. The summed E-state index contributed by atoms with van der Waals surface area (Å²) in [6, 6.07) is 11.2. The molecule has 2 aliphatic heterocycles. The number of carbonyl (C=O) groups excluding carboxylic acids is 2. The molecule has 1 N–H and O–H groups in total. The lowest BCUT2D eigenvalue weighted by molar-refractivity contribution is -0.125. The van der Waals surface area contributed by atoms with Crippen LogP contribution in [0.25, 0.3) is 0 Å². The Bertz CT molecular complexity index is 890. The Morgan fingerprint density at radius 2 is 2.00 bits per heavy atom. The van der Waals surface area contributed by atoms with Crippen LogP contribution >= 0.6 is 11.3 Å². The second-order valence-corrected chi connectivity index (χ2v) is 7.62. The highest BCUT2D eigenvalue weighted by atomic mass is 32.1. The van der Waals surface area contributed by atoms with Crippen LogP contribution in [0, 0.1) is 0 Å². The first-order valence-electron chi connectivity index (χ1n) is 8.81. The molecule has 7 heteroatoms. The van der Waals surface area contributed by atoms with Crippen molar-refractivity contribution in [1.82, 2.24) is 15.1 Å². The minimum Gasteiger partial charge on any atom is -0.497 e. The largest absolute Gasteiger partial charge is 0.497 e. The fraction of sp³-hybridized carbons (Fsp3) is 0.300. The van der Waals surface area contributed by atoms with Crippen LogP contribution in [0.3, 0.4) is 0 Å². The van der Waals surface area contributed by atoms with Crippen LogP contribution in [-0.2, 0) is 11.2 Å². The van der Waals surface area contributed by atoms with Crippen LogP contribution in [0.4, 0.5) is 4.79 Å². The summed E-state index contributed by atoms with van der Waals surface area (Å²) >= 11 is 1.55. The summed E-state index contributed by atoms with van der Waals surface area (Å²) in [5.41, 5.74) is 2.64. The van der Waals surface area contributed by atoms with Crippen molar-refractivity contribution in [3.8, 4) is 5.75 Å². The van der Waals surface area contributed by atoms with Gasteiger partial charge >= 0.3 is 6.03 Å². The number of thiophene rings is 1. The Morgan fingerprint density at radius 1 is 1.22 bits per heavy atom. The van der Waals surface area contributed by atoms with E-state index < -0.39 is 0 Å². The number of ether oxygens (including phenoxy) is 1. The van der Waals surface area contributed by atoms with Crippen LogP contribution in [0.5, 0.6) is 5.75 Å². The Labute approximate surface area is 162 Å². The van der Waals surface area contributed by atoms with Gasteiger partial charge < -0.3 is 15.0 Å². The maximum atomic E-state index is 13.1. The smallest absolute Gasteiger partial charge is 0.322 e. The third kappa shape index (κ3) is 3.19. The number of amides is 3. The molecule has 0 aliphatic carbocycles. The van der Waals surface area contributed by atoms with Crippen LogP contribution in [-0.4, -0.2) is 49.0 Å². The van der Waals surface area contributed by atoms with Crippen molar-refractivity contribution in [3.05, 3.63) is 63.5 Å². The first kappa shape index (κ1) is 17.6. The van der Waals surface area contributed by atoms with E-state index in [1.54, 1.807) is 30.4 Å². The Balaban J connectivity index is 1.52. The van der Waals surface area contributed by atoms with E-state index in [9.17, 15) is 9.59 Å². The van der Waals surface area contributed by atoms with Crippen molar-refractivity contribution in [2.45, 2.75) is 12.5 Å². The Kier molecular flexibility index (Phi) is 4.61. The van der Waals surface area contributed by atoms with E-state index >= 15 is 0 Å². The van der Waals surface area contributed by atoms with Gasteiger partial charge in [0, 0.05) is 18.5 Å². The summed E-state index contributed by atoms with van der Waals surface area (Å²) in [6.45, 7) is 1.08. The van der Waals surface area contributed by atoms with E-state index in [4.69, 9.17) is 4.74 Å². The van der Waals surface area contributed by atoms with Gasteiger partial charge in [-0.25, -0.2) is 4.79 Å². The van der Waals surface area contributed by atoms with Gasteiger partial charge in [-0.3, -0.25) is 9.69 Å². The Hall–Kier alpha value is -2.80. The molecule has 0 unspecified atom stereocenters. The van der Waals surface area contributed by atoms with Crippen molar-refractivity contribution in [2.24, 2.45) is 0 Å². The number of carbonyl (C=O) groups is 2. The molecule has 6 nitrogen and oxygen atoms in total. The van der Waals surface area contributed by atoms with Crippen molar-refractivity contribution >= 4 is 23.3 Å². The first-order valence-corrected chi connectivity index (χ1v) is 9.69. The molecule has 140 valence electrons. The highest BCUT2D eigenvalue weighted by Crippen LogP contribution is 2.37. The van der Waals surface area contributed by atoms with E-state index in [1.165, 1.54) is 0 Å². The zero-order chi connectivity index (χ0) is 19.0. The van der Waals surface area contributed by atoms with Crippen molar-refractivity contribution in [1.29, 1.82) is 0 Å². The molecule has 0 bridgehead atoms. The SMILES string of the molecule is COc1ccc(CCN2CC3=C(C2=O)[C@@H](c2cccs2)NC(=O)N3C)cc1. The summed E-state index contributed by atoms with van der Waals surface area (Å²) in [4.78, 5) is 29.8. The van der Waals surface area contributed by atoms with E-state index in [0.717, 1.165) is 28.3 Å². The zero-order valence-corrected chi connectivity index (χ0v) is 16.1. The first-order chi connectivity index (χ1) is 13.1. The summed E-state index contributed by atoms with van der Waals surface area (Å²) in [5, 5.41) is 4.91. The average molecular weight is 383 g/mol. The fourth-order valence-electron chi connectivity index (χ4n) is 3.53. The molecule has 0 radical (unpaired) electrons. The molecule has 0 fully saturated rings. The number of methoxy groups -OCH3 is 1. The monoisotopic (exact) mass is 383 g/mol. The van der Waals surface area contributed by atoms with Crippen LogP contribution in [0.1, 0.15) is 16.5 Å². The van der Waals surface area contributed by atoms with Gasteiger partial charge in [-0.1, -0.05) is 18.2 Å². The number of urea groups is 1. The van der Waals surface area contributed by atoms with Gasteiger partial charge in [0.1, 0.15) is 5.75 Å². The van der Waals surface area contributed by atoms with E-state index in [1.807, 2.05) is 46.7 Å². The summed E-state index contributed by atoms with van der Waals surface area (Å²) in [6.07, 6.45) is 0.755. The zero-order valence-electron chi connectivity index (χ0n) is 15.3. The second kappa shape index (κ2) is 7.08. The topological polar surface area (TPSA) is 61.9 Å². The Morgan fingerprint density at radius 3 is 2.67 bits per heavy atom. The van der Waals surface area contributed by atoms with Gasteiger partial charge in [-0.2, -0.15) is 0 Å². The third-order valence-electron chi connectivity index (χ3n) is 5.09. The highest BCUT2D eigenvalue weighted by Gasteiger charge is 2.42. The number of hydrogen-bond donors (Lipinski definition) is 1. The molecule has 0 saturated carbocycles. The fourth-order valence-corrected chi connectivity index (χ4v) is 4.31. The molecule has 2 aromatic rings. The second-order valence-electron chi connectivity index (χ2n) is 6.64. The molecule has 3 heterocycles. The normalized spacial score (nSPS) is 19.4. The highest BCUT2D eigenvalue weighted by molar-refractivity contribution is 7.10. The van der Waals surface area contributed by atoms with Gasteiger partial charge in [0.05, 0.1) is 31.0 Å². The van der Waals surface area contributed by atoms with Gasteiger partial charge in [0.2, 0.25) is 0 Å². The summed E-state index contributed by atoms with van der Waals surface area (Å²) < 4.78 is 5.18. The van der Waals surface area contributed by atoms with Crippen molar-refractivity contribution < 1.29 is 14.3 Å². The number of nitrogens with zero attached hydrogens (tertiary/aromatic N) is 2. The molecule has 3 amide bonds. The molecule has 2 aliphatic rings. The maximum absolute atomic E-state index is 13.1. The molecule has 1 aromatic heterocycles. The summed E-state index contributed by atoms with van der Waals surface area (Å²) in [5.74, 6) is 0.821. The van der Waals surface area contributed by atoms with Gasteiger partial charge in [0.25, 0.3) is 5.91 Å². The molecular weight excluding hydrogens is 362 g/mol. The number of hydrogen-bond acceptors (Lipinski definition) is 4. The van der Waals surface area contributed by atoms with Crippen molar-refractivity contribution in [2.75, 3.05) is 27.2 Å². The molecule has 1 aromatic carbocycles. The predicted molar refractivity (Wildman–Crippen MR) is 104 cm³/mol. The molecular formula is C20H21N3O3S. The molecule has 1 atom stereocenters. The lowest BCUT2D eigenvalue weighted by Gasteiger charge is -2.30. The number of nitrogens with one attached hydrogen (secondary N) is 1. The van der Waals surface area contributed by atoms with E-state index in [2.05, 4.69) is 5.32 Å². The quantitative estimate of drug-likeness (QED) is 0.864. The van der Waals surface area contributed by atoms with Gasteiger partial charge in [-0.15, -0.1) is 11.3 Å². The van der Waals surface area contributed by atoms with Crippen molar-refractivity contribution in [3.63, 3.8) is 0 Å². The average Bonchev–Trinajstić information content (AvgIpc) is 3.32. The number of likely N-dealkylation sites (N-methyl/N-ethyl adjacent to an activating group) is 1. The molecule has 27 heavy (non-hydrogen) atoms. The minimum absolute atomic E-state index is 0.00348. The van der Waals surface area contributed by atoms with E-state index in [-0.39, 0.29) is 18.0 Å². The van der Waals surface area contributed by atoms with Crippen LogP contribution < -0.4 is 10.1 Å². The van der Waals surface area contributed by atoms with Crippen LogP contribution in [0.2, 0.25) is 0 Å². The lowest BCUT2D eigenvalue weighted by atomic mass is 10.0. The molecule has 0 spiro atoms. The maximum Gasteiger partial charge on any atom is 0.322 e. The van der Waals surface area contributed by atoms with Gasteiger partial charge in [0.15, 0.2) is 0 Å². The number of rotatable bonds is 5.